The molecule has 1 saturated heterocycles. The lowest BCUT2D eigenvalue weighted by atomic mass is 9.88. The van der Waals surface area contributed by atoms with E-state index in [0.29, 0.717) is 5.56 Å². The Morgan fingerprint density at radius 3 is 2.72 bits per heavy atom. The molecule has 1 aliphatic heterocycles. The molecule has 0 spiro atoms. The molecule has 18 heavy (non-hydrogen) atoms. The number of hydrogen-bond donors (Lipinski definition) is 3. The maximum atomic E-state index is 13.6. The second-order valence-electron chi connectivity index (χ2n) is 4.31. The zero-order valence-electron chi connectivity index (χ0n) is 10.1. The van der Waals surface area contributed by atoms with Gasteiger partial charge in [-0.2, -0.15) is 0 Å². The highest BCUT2D eigenvalue weighted by Gasteiger charge is 2.39. The minimum absolute atomic E-state index is 0.0982. The van der Waals surface area contributed by atoms with Crippen LogP contribution in [0.25, 0.3) is 0 Å². The van der Waals surface area contributed by atoms with Gasteiger partial charge in [-0.3, -0.25) is 10.2 Å². The van der Waals surface area contributed by atoms with Gasteiger partial charge in [-0.05, 0) is 24.6 Å². The summed E-state index contributed by atoms with van der Waals surface area (Å²) in [6.45, 7) is 1.85. The molecule has 1 aliphatic rings. The van der Waals surface area contributed by atoms with Crippen molar-refractivity contribution in [2.24, 2.45) is 0 Å². The van der Waals surface area contributed by atoms with E-state index < -0.39 is 17.8 Å². The van der Waals surface area contributed by atoms with Crippen LogP contribution < -0.4 is 15.6 Å². The molecule has 6 heteroatoms. The topological polar surface area (TPSA) is 70.6 Å². The maximum absolute atomic E-state index is 13.6. The predicted molar refractivity (Wildman–Crippen MR) is 62.9 cm³/mol. The number of benzene rings is 1. The summed E-state index contributed by atoms with van der Waals surface area (Å²) in [6, 6.07) is 3.65. The number of aliphatic carboxylic acids is 1. The number of nitrogens with one attached hydrogen (secondary N) is 2. The Hall–Kier alpha value is -1.66. The first-order chi connectivity index (χ1) is 8.54. The molecule has 0 radical (unpaired) electrons. The van der Waals surface area contributed by atoms with Crippen molar-refractivity contribution in [3.63, 3.8) is 0 Å². The van der Waals surface area contributed by atoms with E-state index in [1.165, 1.54) is 19.2 Å². The first-order valence-electron chi connectivity index (χ1n) is 5.62. The molecule has 1 heterocycles. The number of hydrogen-bond acceptors (Lipinski definition) is 4. The molecular formula is C12H15FN2O3. The van der Waals surface area contributed by atoms with E-state index in [-0.39, 0.29) is 17.7 Å². The lowest BCUT2D eigenvalue weighted by Crippen LogP contribution is -2.38. The fraction of sp³-hybridized carbons (Fsp3) is 0.417. The molecule has 3 unspecified atom stereocenters. The van der Waals surface area contributed by atoms with Crippen molar-refractivity contribution in [1.29, 1.82) is 0 Å². The van der Waals surface area contributed by atoms with Gasteiger partial charge in [0.25, 0.3) is 0 Å². The maximum Gasteiger partial charge on any atom is 0.322 e. The van der Waals surface area contributed by atoms with Gasteiger partial charge in [0.1, 0.15) is 6.04 Å². The molecule has 0 amide bonds. The van der Waals surface area contributed by atoms with Crippen LogP contribution in [0.1, 0.15) is 18.4 Å². The Balaban J connectivity index is 2.34. The molecule has 0 aromatic heterocycles. The second-order valence-corrected chi connectivity index (χ2v) is 4.31. The number of halogens is 1. The highest BCUT2D eigenvalue weighted by molar-refractivity contribution is 5.75. The van der Waals surface area contributed by atoms with Crippen LogP contribution in [0.3, 0.4) is 0 Å². The van der Waals surface area contributed by atoms with Gasteiger partial charge in [0, 0.05) is 12.0 Å². The van der Waals surface area contributed by atoms with Crippen molar-refractivity contribution < 1.29 is 19.0 Å². The fourth-order valence-electron chi connectivity index (χ4n) is 2.28. The molecular weight excluding hydrogens is 239 g/mol. The lowest BCUT2D eigenvalue weighted by molar-refractivity contribution is -0.139. The van der Waals surface area contributed by atoms with Crippen LogP contribution in [0, 0.1) is 5.82 Å². The van der Waals surface area contributed by atoms with Gasteiger partial charge in [-0.15, -0.1) is 0 Å². The van der Waals surface area contributed by atoms with Crippen LogP contribution in [0.4, 0.5) is 4.39 Å². The minimum Gasteiger partial charge on any atom is -0.494 e. The zero-order valence-corrected chi connectivity index (χ0v) is 10.1. The number of carbonyl (C=O) groups is 1. The van der Waals surface area contributed by atoms with Crippen LogP contribution in [0.5, 0.6) is 5.75 Å². The Kier molecular flexibility index (Phi) is 3.49. The standard InChI is InChI=1S/C12H15FN2O3/c1-6-10(11(12(16)17)15-14-6)7-3-4-9(18-2)8(13)5-7/h3-6,10-11,14-15H,1-2H3,(H,16,17). The minimum atomic E-state index is -0.965. The predicted octanol–water partition coefficient (Wildman–Crippen LogP) is 0.867. The summed E-state index contributed by atoms with van der Waals surface area (Å²) in [4.78, 5) is 11.1. The van der Waals surface area contributed by atoms with Gasteiger partial charge in [-0.25, -0.2) is 9.82 Å². The van der Waals surface area contributed by atoms with E-state index in [1.54, 1.807) is 6.07 Å². The molecule has 3 atom stereocenters. The highest BCUT2D eigenvalue weighted by Crippen LogP contribution is 2.30. The van der Waals surface area contributed by atoms with Crippen molar-refractivity contribution in [3.8, 4) is 5.75 Å². The Labute approximate surface area is 104 Å². The lowest BCUT2D eigenvalue weighted by Gasteiger charge is -2.18. The summed E-state index contributed by atoms with van der Waals surface area (Å²) in [7, 11) is 1.39. The Morgan fingerprint density at radius 1 is 1.44 bits per heavy atom. The molecule has 1 aromatic rings. The fourth-order valence-corrected chi connectivity index (χ4v) is 2.28. The first kappa shape index (κ1) is 12.8. The summed E-state index contributed by atoms with van der Waals surface area (Å²) in [5, 5.41) is 9.11. The number of hydrazine groups is 1. The van der Waals surface area contributed by atoms with E-state index in [9.17, 15) is 9.18 Å². The van der Waals surface area contributed by atoms with E-state index >= 15 is 0 Å². The normalized spacial score (nSPS) is 27.2. The molecule has 1 aromatic carbocycles. The first-order valence-corrected chi connectivity index (χ1v) is 5.62. The highest BCUT2D eigenvalue weighted by atomic mass is 19.1. The molecule has 0 aliphatic carbocycles. The van der Waals surface area contributed by atoms with Gasteiger partial charge in [-0.1, -0.05) is 6.07 Å². The quantitative estimate of drug-likeness (QED) is 0.746. The van der Waals surface area contributed by atoms with Gasteiger partial charge < -0.3 is 9.84 Å². The Morgan fingerprint density at radius 2 is 2.17 bits per heavy atom. The van der Waals surface area contributed by atoms with Gasteiger partial charge >= 0.3 is 5.97 Å². The summed E-state index contributed by atoms with van der Waals surface area (Å²) in [5.41, 5.74) is 6.19. The van der Waals surface area contributed by atoms with Crippen molar-refractivity contribution in [3.05, 3.63) is 29.6 Å². The van der Waals surface area contributed by atoms with Crippen LogP contribution in [-0.2, 0) is 4.79 Å². The number of methoxy groups -OCH3 is 1. The van der Waals surface area contributed by atoms with E-state index in [1.807, 2.05) is 6.92 Å². The molecule has 98 valence electrons. The van der Waals surface area contributed by atoms with E-state index in [0.717, 1.165) is 0 Å². The van der Waals surface area contributed by atoms with E-state index in [4.69, 9.17) is 9.84 Å². The zero-order chi connectivity index (χ0) is 13.3. The molecule has 1 fully saturated rings. The second kappa shape index (κ2) is 4.91. The number of carboxylic acid groups (broad SMARTS) is 1. The van der Waals surface area contributed by atoms with Crippen LogP contribution in [-0.4, -0.2) is 30.3 Å². The molecule has 0 saturated carbocycles. The SMILES string of the molecule is COc1ccc(C2C(C)NNC2C(=O)O)cc1F. The third-order valence-corrected chi connectivity index (χ3v) is 3.19. The Bertz CT molecular complexity index is 467. The van der Waals surface area contributed by atoms with E-state index in [2.05, 4.69) is 10.9 Å². The summed E-state index contributed by atoms with van der Waals surface area (Å²) >= 11 is 0. The summed E-state index contributed by atoms with van der Waals surface area (Å²) < 4.78 is 18.5. The van der Waals surface area contributed by atoms with Crippen molar-refractivity contribution in [2.45, 2.75) is 24.9 Å². The van der Waals surface area contributed by atoms with Crippen LogP contribution >= 0.6 is 0 Å². The van der Waals surface area contributed by atoms with Crippen molar-refractivity contribution >= 4 is 5.97 Å². The average Bonchev–Trinajstić information content (AvgIpc) is 2.71. The number of carboxylic acids is 1. The largest absolute Gasteiger partial charge is 0.494 e. The number of ether oxygens (including phenoxy) is 1. The monoisotopic (exact) mass is 254 g/mol. The van der Waals surface area contributed by atoms with Crippen LogP contribution in [0.2, 0.25) is 0 Å². The van der Waals surface area contributed by atoms with Crippen LogP contribution in [0.15, 0.2) is 18.2 Å². The van der Waals surface area contributed by atoms with Gasteiger partial charge in [0.2, 0.25) is 0 Å². The summed E-state index contributed by atoms with van der Waals surface area (Å²) in [5.74, 6) is -1.63. The molecule has 3 N–H and O–H groups in total. The van der Waals surface area contributed by atoms with Gasteiger partial charge in [0.05, 0.1) is 7.11 Å². The number of rotatable bonds is 3. The van der Waals surface area contributed by atoms with Gasteiger partial charge in [0.15, 0.2) is 11.6 Å². The molecule has 2 rings (SSSR count). The third-order valence-electron chi connectivity index (χ3n) is 3.19. The third kappa shape index (κ3) is 2.16. The average molecular weight is 254 g/mol. The molecule has 5 nitrogen and oxygen atoms in total. The smallest absolute Gasteiger partial charge is 0.322 e. The molecule has 0 bridgehead atoms. The van der Waals surface area contributed by atoms with Crippen molar-refractivity contribution in [2.75, 3.05) is 7.11 Å². The van der Waals surface area contributed by atoms with Crippen molar-refractivity contribution in [1.82, 2.24) is 10.9 Å². The summed E-state index contributed by atoms with van der Waals surface area (Å²) in [6.07, 6.45) is 0.